The van der Waals surface area contributed by atoms with Gasteiger partial charge in [0.05, 0.1) is 16.7 Å². The van der Waals surface area contributed by atoms with Crippen molar-refractivity contribution in [1.29, 1.82) is 0 Å². The van der Waals surface area contributed by atoms with Gasteiger partial charge in [0.1, 0.15) is 11.2 Å². The number of furan rings is 1. The third-order valence-electron chi connectivity index (χ3n) is 9.97. The van der Waals surface area contributed by atoms with Crippen molar-refractivity contribution in [2.45, 2.75) is 13.8 Å². The first-order chi connectivity index (χ1) is 25.6. The number of hydrogen-bond acceptors (Lipinski definition) is 4. The van der Waals surface area contributed by atoms with E-state index in [2.05, 4.69) is 103 Å². The lowest BCUT2D eigenvalue weighted by molar-refractivity contribution is 0.670. The van der Waals surface area contributed by atoms with Crippen LogP contribution in [0, 0.1) is 13.8 Å². The average molecular weight is 669 g/mol. The van der Waals surface area contributed by atoms with Gasteiger partial charge in [-0.15, -0.1) is 0 Å². The first kappa shape index (κ1) is 30.0. The summed E-state index contributed by atoms with van der Waals surface area (Å²) in [5.74, 6) is 1.83. The fraction of sp³-hybridized carbons (Fsp3) is 0.0426. The van der Waals surface area contributed by atoms with Gasteiger partial charge in [-0.25, -0.2) is 15.0 Å². The van der Waals surface area contributed by atoms with E-state index >= 15 is 0 Å². The molecule has 0 atom stereocenters. The molecule has 3 aromatic heterocycles. The molecule has 0 bridgehead atoms. The van der Waals surface area contributed by atoms with E-state index in [1.54, 1.807) is 0 Å². The zero-order valence-electron chi connectivity index (χ0n) is 28.7. The molecule has 0 amide bonds. The van der Waals surface area contributed by atoms with Crippen LogP contribution in [0.5, 0.6) is 0 Å². The van der Waals surface area contributed by atoms with E-state index in [4.69, 9.17) is 19.4 Å². The number of para-hydroxylation sites is 2. The third kappa shape index (κ3) is 4.89. The van der Waals surface area contributed by atoms with Crippen molar-refractivity contribution in [2.24, 2.45) is 0 Å². The molecule has 0 unspecified atom stereocenters. The number of rotatable bonds is 5. The van der Waals surface area contributed by atoms with Gasteiger partial charge in [0.15, 0.2) is 17.5 Å². The summed E-state index contributed by atoms with van der Waals surface area (Å²) in [4.78, 5) is 15.5. The van der Waals surface area contributed by atoms with Crippen molar-refractivity contribution in [3.05, 3.63) is 169 Å². The van der Waals surface area contributed by atoms with Crippen LogP contribution < -0.4 is 0 Å². The summed E-state index contributed by atoms with van der Waals surface area (Å²) >= 11 is 0. The van der Waals surface area contributed by atoms with E-state index in [-0.39, 0.29) is 0 Å². The standard InChI is InChI=1S/C47H32N4O/c1-29-20-23-40-37(26-29)38-27-30(2)21-24-41(38)51(40)42-25-22-33(34-17-11-18-36-35-16-9-10-19-43(35)52-44(34)36)28-39(42)47-49-45(31-12-5-3-6-13-31)48-46(50-47)32-14-7-4-8-15-32/h3-28H,1-2H3. The average Bonchev–Trinajstić information content (AvgIpc) is 3.73. The molecule has 52 heavy (non-hydrogen) atoms. The molecule has 0 fully saturated rings. The van der Waals surface area contributed by atoms with Crippen molar-refractivity contribution < 1.29 is 4.42 Å². The topological polar surface area (TPSA) is 56.7 Å². The van der Waals surface area contributed by atoms with Crippen LogP contribution in [0.15, 0.2) is 162 Å². The second-order valence-corrected chi connectivity index (χ2v) is 13.4. The van der Waals surface area contributed by atoms with Crippen LogP contribution in [0.3, 0.4) is 0 Å². The van der Waals surface area contributed by atoms with E-state index in [1.165, 1.54) is 21.9 Å². The Morgan fingerprint density at radius 1 is 0.423 bits per heavy atom. The van der Waals surface area contributed by atoms with Crippen molar-refractivity contribution in [3.8, 4) is 51.0 Å². The van der Waals surface area contributed by atoms with Crippen LogP contribution in [0.4, 0.5) is 0 Å². The zero-order valence-corrected chi connectivity index (χ0v) is 28.7. The monoisotopic (exact) mass is 668 g/mol. The Hall–Kier alpha value is -6.85. The number of aromatic nitrogens is 4. The summed E-state index contributed by atoms with van der Waals surface area (Å²) in [7, 11) is 0. The molecule has 5 nitrogen and oxygen atoms in total. The lowest BCUT2D eigenvalue weighted by Crippen LogP contribution is -2.04. The highest BCUT2D eigenvalue weighted by molar-refractivity contribution is 6.11. The second kappa shape index (κ2) is 11.9. The highest BCUT2D eigenvalue weighted by Gasteiger charge is 2.21. The molecular formula is C47H32N4O. The highest BCUT2D eigenvalue weighted by Crippen LogP contribution is 2.41. The van der Waals surface area contributed by atoms with E-state index in [1.807, 2.05) is 72.8 Å². The maximum atomic E-state index is 6.53. The van der Waals surface area contributed by atoms with Gasteiger partial charge in [-0.3, -0.25) is 0 Å². The van der Waals surface area contributed by atoms with Crippen molar-refractivity contribution >= 4 is 43.7 Å². The van der Waals surface area contributed by atoms with Gasteiger partial charge < -0.3 is 8.98 Å². The maximum Gasteiger partial charge on any atom is 0.166 e. The zero-order chi connectivity index (χ0) is 34.8. The number of aryl methyl sites for hydroxylation is 2. The minimum atomic E-state index is 0.593. The molecule has 0 radical (unpaired) electrons. The van der Waals surface area contributed by atoms with Crippen molar-refractivity contribution in [3.63, 3.8) is 0 Å². The molecule has 0 saturated carbocycles. The Kier molecular flexibility index (Phi) is 6.86. The van der Waals surface area contributed by atoms with Gasteiger partial charge in [0.25, 0.3) is 0 Å². The van der Waals surface area contributed by atoms with Gasteiger partial charge in [-0.05, 0) is 61.9 Å². The highest BCUT2D eigenvalue weighted by atomic mass is 16.3. The Balaban J connectivity index is 1.30. The number of benzene rings is 7. The van der Waals surface area contributed by atoms with E-state index in [0.29, 0.717) is 17.5 Å². The summed E-state index contributed by atoms with van der Waals surface area (Å²) in [6.07, 6.45) is 0. The van der Waals surface area contributed by atoms with Crippen LogP contribution in [-0.4, -0.2) is 19.5 Å². The van der Waals surface area contributed by atoms with Gasteiger partial charge >= 0.3 is 0 Å². The Morgan fingerprint density at radius 2 is 1.00 bits per heavy atom. The molecule has 0 aliphatic rings. The summed E-state index contributed by atoms with van der Waals surface area (Å²) in [6.45, 7) is 4.30. The minimum Gasteiger partial charge on any atom is -0.455 e. The Bertz CT molecular complexity index is 2860. The fourth-order valence-electron chi connectivity index (χ4n) is 7.49. The normalized spacial score (nSPS) is 11.7. The Labute approximate surface area is 300 Å². The van der Waals surface area contributed by atoms with E-state index in [0.717, 1.165) is 66.5 Å². The Morgan fingerprint density at radius 3 is 1.65 bits per heavy atom. The van der Waals surface area contributed by atoms with Gasteiger partial charge in [-0.1, -0.05) is 126 Å². The SMILES string of the molecule is Cc1ccc2c(c1)c1cc(C)ccc1n2-c1ccc(-c2cccc3c2oc2ccccc23)cc1-c1nc(-c2ccccc2)nc(-c2ccccc2)n1. The molecule has 7 aromatic carbocycles. The minimum absolute atomic E-state index is 0.593. The summed E-state index contributed by atoms with van der Waals surface area (Å²) in [6, 6.07) is 54.9. The third-order valence-corrected chi connectivity index (χ3v) is 9.97. The lowest BCUT2D eigenvalue weighted by atomic mass is 9.98. The number of hydrogen-bond donors (Lipinski definition) is 0. The van der Waals surface area contributed by atoms with Gasteiger partial charge in [-0.2, -0.15) is 0 Å². The molecule has 0 spiro atoms. The van der Waals surface area contributed by atoms with E-state index in [9.17, 15) is 0 Å². The maximum absolute atomic E-state index is 6.53. The second-order valence-electron chi connectivity index (χ2n) is 13.4. The molecule has 0 saturated heterocycles. The molecule has 10 rings (SSSR count). The molecular weight excluding hydrogens is 637 g/mol. The molecule has 5 heteroatoms. The number of fused-ring (bicyclic) bond motifs is 6. The first-order valence-electron chi connectivity index (χ1n) is 17.5. The predicted molar refractivity (Wildman–Crippen MR) is 213 cm³/mol. The summed E-state index contributed by atoms with van der Waals surface area (Å²) in [5, 5.41) is 4.62. The summed E-state index contributed by atoms with van der Waals surface area (Å²) in [5.41, 5.74) is 12.2. The molecule has 246 valence electrons. The molecule has 3 heterocycles. The van der Waals surface area contributed by atoms with Crippen LogP contribution in [0.25, 0.3) is 94.7 Å². The van der Waals surface area contributed by atoms with Crippen molar-refractivity contribution in [1.82, 2.24) is 19.5 Å². The summed E-state index contributed by atoms with van der Waals surface area (Å²) < 4.78 is 8.89. The molecule has 0 N–H and O–H groups in total. The smallest absolute Gasteiger partial charge is 0.166 e. The largest absolute Gasteiger partial charge is 0.455 e. The quantitative estimate of drug-likeness (QED) is 0.183. The predicted octanol–water partition coefficient (Wildman–Crippen LogP) is 12.2. The molecule has 0 aliphatic carbocycles. The van der Waals surface area contributed by atoms with Crippen LogP contribution in [0.2, 0.25) is 0 Å². The van der Waals surface area contributed by atoms with E-state index < -0.39 is 0 Å². The van der Waals surface area contributed by atoms with Crippen LogP contribution in [-0.2, 0) is 0 Å². The fourth-order valence-corrected chi connectivity index (χ4v) is 7.49. The van der Waals surface area contributed by atoms with Crippen LogP contribution >= 0.6 is 0 Å². The lowest BCUT2D eigenvalue weighted by Gasteiger charge is -2.16. The first-order valence-corrected chi connectivity index (χ1v) is 17.5. The van der Waals surface area contributed by atoms with Gasteiger partial charge in [0, 0.05) is 43.8 Å². The van der Waals surface area contributed by atoms with Crippen molar-refractivity contribution in [2.75, 3.05) is 0 Å². The molecule has 0 aliphatic heterocycles. The molecule has 10 aromatic rings. The van der Waals surface area contributed by atoms with Gasteiger partial charge in [0.2, 0.25) is 0 Å². The number of nitrogens with zero attached hydrogens (tertiary/aromatic N) is 4. The van der Waals surface area contributed by atoms with Crippen LogP contribution in [0.1, 0.15) is 11.1 Å².